The Balaban J connectivity index is 2.13. The molecule has 4 nitrogen and oxygen atoms in total. The van der Waals surface area contributed by atoms with Gasteiger partial charge in [0.1, 0.15) is 0 Å². The molecule has 2 heterocycles. The summed E-state index contributed by atoms with van der Waals surface area (Å²) in [7, 11) is 0. The van der Waals surface area contributed by atoms with Gasteiger partial charge >= 0.3 is 0 Å². The molecule has 1 saturated heterocycles. The van der Waals surface area contributed by atoms with Crippen LogP contribution in [0, 0.1) is 0 Å². The van der Waals surface area contributed by atoms with E-state index in [0.717, 1.165) is 32.5 Å². The lowest BCUT2D eigenvalue weighted by atomic mass is 10.1. The molecule has 0 amide bonds. The fourth-order valence-electron chi connectivity index (χ4n) is 1.76. The predicted molar refractivity (Wildman–Crippen MR) is 48.5 cm³/mol. The van der Waals surface area contributed by atoms with Gasteiger partial charge in [-0.05, 0) is 19.3 Å². The highest BCUT2D eigenvalue weighted by Crippen LogP contribution is 2.20. The molecule has 1 aromatic rings. The van der Waals surface area contributed by atoms with Gasteiger partial charge in [0.25, 0.3) is 0 Å². The Labute approximate surface area is 77.9 Å². The lowest BCUT2D eigenvalue weighted by Gasteiger charge is -2.23. The lowest BCUT2D eigenvalue weighted by Crippen LogP contribution is -2.21. The highest BCUT2D eigenvalue weighted by atomic mass is 16.5. The van der Waals surface area contributed by atoms with Crippen LogP contribution in [0.3, 0.4) is 0 Å². The molecule has 1 aromatic heterocycles. The monoisotopic (exact) mass is 181 g/mol. The summed E-state index contributed by atoms with van der Waals surface area (Å²) in [5.41, 5.74) is 1.23. The van der Waals surface area contributed by atoms with E-state index in [0.29, 0.717) is 6.04 Å². The van der Waals surface area contributed by atoms with Gasteiger partial charge in [0.05, 0.1) is 17.9 Å². The van der Waals surface area contributed by atoms with Crippen molar-refractivity contribution in [1.82, 2.24) is 15.0 Å². The largest absolute Gasteiger partial charge is 0.381 e. The molecule has 1 aliphatic rings. The topological polar surface area (TPSA) is 39.9 Å². The van der Waals surface area contributed by atoms with Crippen LogP contribution < -0.4 is 0 Å². The second-order valence-electron chi connectivity index (χ2n) is 3.37. The molecular formula is C9H15N3O. The van der Waals surface area contributed by atoms with Crippen molar-refractivity contribution in [3.05, 3.63) is 11.9 Å². The van der Waals surface area contributed by atoms with E-state index < -0.39 is 0 Å². The third-order valence-electron chi connectivity index (χ3n) is 2.55. The molecule has 0 spiro atoms. The van der Waals surface area contributed by atoms with Crippen molar-refractivity contribution in [1.29, 1.82) is 0 Å². The number of nitrogens with zero attached hydrogens (tertiary/aromatic N) is 3. The standard InChI is InChI=1S/C9H15N3O/c1-2-8-7-10-11-12(8)9-3-5-13-6-4-9/h7,9H,2-6H2,1H3. The van der Waals surface area contributed by atoms with Crippen molar-refractivity contribution >= 4 is 0 Å². The maximum absolute atomic E-state index is 5.31. The number of hydrogen-bond donors (Lipinski definition) is 0. The van der Waals surface area contributed by atoms with Gasteiger partial charge in [0.15, 0.2) is 0 Å². The van der Waals surface area contributed by atoms with Gasteiger partial charge in [-0.15, -0.1) is 5.10 Å². The molecule has 1 fully saturated rings. The fraction of sp³-hybridized carbons (Fsp3) is 0.778. The first-order valence-electron chi connectivity index (χ1n) is 4.88. The van der Waals surface area contributed by atoms with Gasteiger partial charge < -0.3 is 4.74 Å². The first-order valence-corrected chi connectivity index (χ1v) is 4.88. The van der Waals surface area contributed by atoms with Crippen LogP contribution in [0.5, 0.6) is 0 Å². The van der Waals surface area contributed by atoms with Crippen molar-refractivity contribution < 1.29 is 4.74 Å². The highest BCUT2D eigenvalue weighted by molar-refractivity contribution is 4.95. The number of aromatic nitrogens is 3. The van der Waals surface area contributed by atoms with Crippen LogP contribution in [-0.2, 0) is 11.2 Å². The van der Waals surface area contributed by atoms with E-state index in [4.69, 9.17) is 4.74 Å². The Kier molecular flexibility index (Phi) is 2.59. The summed E-state index contributed by atoms with van der Waals surface area (Å²) >= 11 is 0. The molecule has 0 saturated carbocycles. The van der Waals surface area contributed by atoms with Crippen LogP contribution in [0.1, 0.15) is 31.5 Å². The van der Waals surface area contributed by atoms with Crippen LogP contribution in [0.2, 0.25) is 0 Å². The molecule has 13 heavy (non-hydrogen) atoms. The summed E-state index contributed by atoms with van der Waals surface area (Å²) in [4.78, 5) is 0. The second kappa shape index (κ2) is 3.87. The van der Waals surface area contributed by atoms with Crippen LogP contribution in [-0.4, -0.2) is 28.2 Å². The summed E-state index contributed by atoms with van der Waals surface area (Å²) in [6.45, 7) is 3.84. The zero-order valence-corrected chi connectivity index (χ0v) is 7.94. The average molecular weight is 181 g/mol. The maximum Gasteiger partial charge on any atom is 0.0725 e. The minimum absolute atomic E-state index is 0.506. The first-order chi connectivity index (χ1) is 6.42. The van der Waals surface area contributed by atoms with E-state index in [1.165, 1.54) is 5.69 Å². The molecule has 0 radical (unpaired) electrons. The van der Waals surface area contributed by atoms with Crippen molar-refractivity contribution in [2.75, 3.05) is 13.2 Å². The molecule has 0 N–H and O–H groups in total. The van der Waals surface area contributed by atoms with Crippen LogP contribution >= 0.6 is 0 Å². The second-order valence-corrected chi connectivity index (χ2v) is 3.37. The smallest absolute Gasteiger partial charge is 0.0725 e. The van der Waals surface area contributed by atoms with Gasteiger partial charge in [-0.3, -0.25) is 0 Å². The van der Waals surface area contributed by atoms with Crippen molar-refractivity contribution in [3.8, 4) is 0 Å². The SMILES string of the molecule is CCc1cnnn1C1CCOCC1. The molecule has 0 unspecified atom stereocenters. The minimum Gasteiger partial charge on any atom is -0.381 e. The third-order valence-corrected chi connectivity index (χ3v) is 2.55. The lowest BCUT2D eigenvalue weighted by molar-refractivity contribution is 0.0649. The number of rotatable bonds is 2. The van der Waals surface area contributed by atoms with Crippen LogP contribution in [0.25, 0.3) is 0 Å². The van der Waals surface area contributed by atoms with Gasteiger partial charge in [-0.2, -0.15) is 0 Å². The molecule has 1 aliphatic heterocycles. The molecule has 0 bridgehead atoms. The third kappa shape index (κ3) is 1.72. The summed E-state index contributed by atoms with van der Waals surface area (Å²) in [6, 6.07) is 0.506. The van der Waals surface area contributed by atoms with Crippen LogP contribution in [0.4, 0.5) is 0 Å². The Morgan fingerprint density at radius 3 is 3.00 bits per heavy atom. The Morgan fingerprint density at radius 1 is 1.54 bits per heavy atom. The Bertz CT molecular complexity index is 266. The quantitative estimate of drug-likeness (QED) is 0.688. The van der Waals surface area contributed by atoms with Gasteiger partial charge in [-0.1, -0.05) is 12.1 Å². The number of ether oxygens (including phenoxy) is 1. The minimum atomic E-state index is 0.506. The van der Waals surface area contributed by atoms with Gasteiger partial charge in [0.2, 0.25) is 0 Å². The molecular weight excluding hydrogens is 166 g/mol. The molecule has 0 aromatic carbocycles. The van der Waals surface area contributed by atoms with E-state index in [9.17, 15) is 0 Å². The average Bonchev–Trinajstić information content (AvgIpc) is 2.67. The molecule has 4 heteroatoms. The van der Waals surface area contributed by atoms with E-state index in [2.05, 4.69) is 21.9 Å². The van der Waals surface area contributed by atoms with Crippen LogP contribution in [0.15, 0.2) is 6.20 Å². The first kappa shape index (κ1) is 8.69. The van der Waals surface area contributed by atoms with E-state index in [1.54, 1.807) is 0 Å². The zero-order chi connectivity index (χ0) is 9.10. The predicted octanol–water partition coefficient (Wildman–Crippen LogP) is 1.19. The van der Waals surface area contributed by atoms with Gasteiger partial charge in [0, 0.05) is 13.2 Å². The normalized spacial score (nSPS) is 19.2. The van der Waals surface area contributed by atoms with E-state index >= 15 is 0 Å². The maximum atomic E-state index is 5.31. The van der Waals surface area contributed by atoms with E-state index in [1.807, 2.05) is 6.20 Å². The van der Waals surface area contributed by atoms with E-state index in [-0.39, 0.29) is 0 Å². The number of aryl methyl sites for hydroxylation is 1. The Hall–Kier alpha value is -0.900. The van der Waals surface area contributed by atoms with Gasteiger partial charge in [-0.25, -0.2) is 4.68 Å². The summed E-state index contributed by atoms with van der Waals surface area (Å²) in [5, 5.41) is 8.06. The number of hydrogen-bond acceptors (Lipinski definition) is 3. The summed E-state index contributed by atoms with van der Waals surface area (Å²) < 4.78 is 7.37. The molecule has 0 atom stereocenters. The summed E-state index contributed by atoms with van der Waals surface area (Å²) in [5.74, 6) is 0. The molecule has 0 aliphatic carbocycles. The summed E-state index contributed by atoms with van der Waals surface area (Å²) in [6.07, 6.45) is 4.99. The van der Waals surface area contributed by atoms with Crippen molar-refractivity contribution in [2.24, 2.45) is 0 Å². The molecule has 72 valence electrons. The van der Waals surface area contributed by atoms with Crippen molar-refractivity contribution in [3.63, 3.8) is 0 Å². The Morgan fingerprint density at radius 2 is 2.31 bits per heavy atom. The fourth-order valence-corrected chi connectivity index (χ4v) is 1.76. The zero-order valence-electron chi connectivity index (χ0n) is 7.94. The highest BCUT2D eigenvalue weighted by Gasteiger charge is 2.18. The van der Waals surface area contributed by atoms with Crippen molar-refractivity contribution in [2.45, 2.75) is 32.2 Å². The molecule has 2 rings (SSSR count).